The molecule has 3 N–H and O–H groups in total. The van der Waals surface area contributed by atoms with Gasteiger partial charge in [0.1, 0.15) is 6.10 Å². The maximum absolute atomic E-state index is 12.6. The van der Waals surface area contributed by atoms with E-state index in [0.717, 1.165) is 103 Å². The van der Waals surface area contributed by atoms with E-state index in [0.29, 0.717) is 13.0 Å². The molecule has 0 aliphatic carbocycles. The number of rotatable bonds is 41. The quantitative estimate of drug-likeness (QED) is 0.0270. The lowest BCUT2D eigenvalue weighted by atomic mass is 10.2. The van der Waals surface area contributed by atoms with Crippen molar-refractivity contribution in [2.24, 2.45) is 5.73 Å². The topological polar surface area (TPSA) is 117 Å². The molecule has 62 heavy (non-hydrogen) atoms. The molecule has 0 aromatic carbocycles. The van der Waals surface area contributed by atoms with Crippen molar-refractivity contribution in [2.45, 2.75) is 136 Å². The number of allylic oxidation sites excluding steroid dienone is 26. The summed E-state index contributed by atoms with van der Waals surface area (Å²) in [5.74, 6) is -0.436. The molecule has 9 heteroatoms. The molecule has 346 valence electrons. The van der Waals surface area contributed by atoms with Crippen LogP contribution in [-0.2, 0) is 27.9 Å². The fraction of sp³-hybridized carbons (Fsp3) is 0.491. The van der Waals surface area contributed by atoms with Gasteiger partial charge in [0, 0.05) is 19.6 Å². The van der Waals surface area contributed by atoms with Crippen LogP contribution in [0.4, 0.5) is 0 Å². The zero-order valence-corrected chi connectivity index (χ0v) is 39.2. The number of unbranched alkanes of at least 4 members (excludes halogenated alkanes) is 2. The van der Waals surface area contributed by atoms with Crippen LogP contribution in [-0.4, -0.2) is 49.9 Å². The molecular formula is C53H82NO7P. The van der Waals surface area contributed by atoms with E-state index in [2.05, 4.69) is 160 Å². The summed E-state index contributed by atoms with van der Waals surface area (Å²) in [5.41, 5.74) is 5.37. The molecule has 2 atom stereocenters. The van der Waals surface area contributed by atoms with E-state index in [4.69, 9.17) is 24.3 Å². The maximum Gasteiger partial charge on any atom is 0.472 e. The minimum absolute atomic E-state index is 0.0427. The highest BCUT2D eigenvalue weighted by Crippen LogP contribution is 2.43. The third-order valence-corrected chi connectivity index (χ3v) is 9.44. The first-order valence-electron chi connectivity index (χ1n) is 23.0. The molecule has 2 unspecified atom stereocenters. The van der Waals surface area contributed by atoms with Crippen molar-refractivity contribution >= 4 is 13.8 Å². The third-order valence-electron chi connectivity index (χ3n) is 8.45. The number of phosphoric ester groups is 1. The van der Waals surface area contributed by atoms with Crippen molar-refractivity contribution < 1.29 is 32.8 Å². The summed E-state index contributed by atoms with van der Waals surface area (Å²) in [6, 6.07) is 0. The fourth-order valence-electron chi connectivity index (χ4n) is 5.18. The van der Waals surface area contributed by atoms with Gasteiger partial charge in [-0.3, -0.25) is 13.8 Å². The van der Waals surface area contributed by atoms with Gasteiger partial charge in [-0.2, -0.15) is 0 Å². The minimum atomic E-state index is -4.33. The molecule has 0 radical (unpaired) electrons. The van der Waals surface area contributed by atoms with Crippen molar-refractivity contribution in [1.29, 1.82) is 0 Å². The van der Waals surface area contributed by atoms with Gasteiger partial charge in [0.25, 0.3) is 0 Å². The number of nitrogens with two attached hydrogens (primary N) is 1. The highest BCUT2D eigenvalue weighted by Gasteiger charge is 2.25. The summed E-state index contributed by atoms with van der Waals surface area (Å²) in [4.78, 5) is 22.5. The monoisotopic (exact) mass is 876 g/mol. The van der Waals surface area contributed by atoms with Gasteiger partial charge in [-0.15, -0.1) is 0 Å². The van der Waals surface area contributed by atoms with Gasteiger partial charge >= 0.3 is 13.8 Å². The Morgan fingerprint density at radius 2 is 0.839 bits per heavy atom. The largest absolute Gasteiger partial charge is 0.472 e. The molecule has 8 nitrogen and oxygen atoms in total. The van der Waals surface area contributed by atoms with E-state index in [1.165, 1.54) is 0 Å². The van der Waals surface area contributed by atoms with Crippen LogP contribution < -0.4 is 5.73 Å². The predicted octanol–water partition coefficient (Wildman–Crippen LogP) is 14.3. The van der Waals surface area contributed by atoms with Crippen LogP contribution in [0, 0.1) is 0 Å². The van der Waals surface area contributed by atoms with Crippen LogP contribution in [0.3, 0.4) is 0 Å². The Kier molecular flexibility index (Phi) is 45.1. The number of esters is 1. The lowest BCUT2D eigenvalue weighted by molar-refractivity contribution is -0.154. The van der Waals surface area contributed by atoms with Crippen molar-refractivity contribution in [3.05, 3.63) is 158 Å². The van der Waals surface area contributed by atoms with Crippen molar-refractivity contribution in [3.63, 3.8) is 0 Å². The van der Waals surface area contributed by atoms with Crippen LogP contribution in [0.1, 0.15) is 129 Å². The normalized spacial score (nSPS) is 14.8. The first-order valence-corrected chi connectivity index (χ1v) is 24.5. The Bertz CT molecular complexity index is 1490. The van der Waals surface area contributed by atoms with Crippen LogP contribution in [0.2, 0.25) is 0 Å². The van der Waals surface area contributed by atoms with E-state index in [1.54, 1.807) is 0 Å². The van der Waals surface area contributed by atoms with E-state index in [1.807, 2.05) is 12.2 Å². The van der Waals surface area contributed by atoms with Crippen molar-refractivity contribution in [1.82, 2.24) is 0 Å². The Morgan fingerprint density at radius 3 is 1.21 bits per heavy atom. The second-order valence-corrected chi connectivity index (χ2v) is 15.6. The average molecular weight is 876 g/mol. The molecular weight excluding hydrogens is 794 g/mol. The van der Waals surface area contributed by atoms with Crippen LogP contribution in [0.5, 0.6) is 0 Å². The molecule has 0 spiro atoms. The van der Waals surface area contributed by atoms with Gasteiger partial charge in [0.15, 0.2) is 0 Å². The van der Waals surface area contributed by atoms with Gasteiger partial charge in [-0.05, 0) is 109 Å². The highest BCUT2D eigenvalue weighted by atomic mass is 31.2. The Hall–Kier alpha value is -3.88. The van der Waals surface area contributed by atoms with Crippen LogP contribution in [0.25, 0.3) is 0 Å². The van der Waals surface area contributed by atoms with Crippen LogP contribution >= 0.6 is 7.82 Å². The van der Waals surface area contributed by atoms with Crippen molar-refractivity contribution in [2.75, 3.05) is 33.0 Å². The summed E-state index contributed by atoms with van der Waals surface area (Å²) in [6.07, 6.45) is 71.5. The Balaban J connectivity index is 4.27. The number of hydrogen-bond donors (Lipinski definition) is 2. The molecule has 0 aromatic heterocycles. The molecule has 0 heterocycles. The Labute approximate surface area is 377 Å². The first kappa shape index (κ1) is 58.1. The summed E-state index contributed by atoms with van der Waals surface area (Å²) in [5, 5.41) is 0. The molecule has 0 saturated carbocycles. The van der Waals surface area contributed by atoms with E-state index < -0.39 is 19.9 Å². The third kappa shape index (κ3) is 47.2. The summed E-state index contributed by atoms with van der Waals surface area (Å²) < 4.78 is 33.3. The predicted molar refractivity (Wildman–Crippen MR) is 265 cm³/mol. The van der Waals surface area contributed by atoms with Gasteiger partial charge in [0.05, 0.1) is 19.8 Å². The molecule has 0 aliphatic rings. The van der Waals surface area contributed by atoms with E-state index >= 15 is 0 Å². The van der Waals surface area contributed by atoms with E-state index in [-0.39, 0.29) is 32.8 Å². The zero-order valence-electron chi connectivity index (χ0n) is 38.3. The lowest BCUT2D eigenvalue weighted by Crippen LogP contribution is -2.28. The second-order valence-electron chi connectivity index (χ2n) is 14.1. The molecule has 0 aromatic rings. The summed E-state index contributed by atoms with van der Waals surface area (Å²) in [6.45, 7) is 4.41. The zero-order chi connectivity index (χ0) is 45.1. The minimum Gasteiger partial charge on any atom is -0.457 e. The van der Waals surface area contributed by atoms with Crippen molar-refractivity contribution in [3.8, 4) is 0 Å². The summed E-state index contributed by atoms with van der Waals surface area (Å²) in [7, 11) is -4.33. The maximum atomic E-state index is 12.6. The number of carbonyl (C=O) groups excluding carboxylic acids is 1. The molecule has 0 aliphatic heterocycles. The number of hydrogen-bond acceptors (Lipinski definition) is 7. The Morgan fingerprint density at radius 1 is 0.484 bits per heavy atom. The summed E-state index contributed by atoms with van der Waals surface area (Å²) >= 11 is 0. The average Bonchev–Trinajstić information content (AvgIpc) is 3.26. The van der Waals surface area contributed by atoms with Gasteiger partial charge in [-0.25, -0.2) is 4.57 Å². The number of phosphoric acid groups is 1. The van der Waals surface area contributed by atoms with Crippen LogP contribution in [0.15, 0.2) is 158 Å². The second kappa shape index (κ2) is 48.2. The molecule has 0 saturated heterocycles. The van der Waals surface area contributed by atoms with Gasteiger partial charge in [0.2, 0.25) is 0 Å². The van der Waals surface area contributed by atoms with E-state index in [9.17, 15) is 14.3 Å². The SMILES string of the molecule is CC/C=C\C/C=C\C/C=C\C/C=C\C/C=C\C/C=C\C/C=C\CCCCOCC(COP(=O)(O)OCCN)OC(=O)CC/C=C\C/C=C\C/C=C\C/C=C\C/C=C\C/C=C\CC. The highest BCUT2D eigenvalue weighted by molar-refractivity contribution is 7.47. The van der Waals surface area contributed by atoms with Gasteiger partial charge < -0.3 is 20.1 Å². The number of ether oxygens (including phenoxy) is 2. The molecule has 0 fully saturated rings. The standard InChI is InChI=1S/C53H82NO7P/c1-3-5-7-9-11-13-15-17-19-21-23-24-25-26-27-29-31-33-35-37-39-41-43-45-48-58-50-52(51-60-62(56,57)59-49-47-54)61-53(55)46-44-42-40-38-36-34-32-30-28-22-20-18-16-14-12-10-8-6-4-2/h5-8,11-14,17-20,23-24,26-28,30-31,33-34,36-37,39-40,42,52H,3-4,9-10,15-16,21-22,25,29,32,35,38,41,43-51,54H2,1-2H3,(H,56,57)/b7-5-,8-6-,13-11-,14-12-,19-17-,20-18-,24-23-,27-26-,30-28-,33-31-,36-34-,39-37-,42-40-. The lowest BCUT2D eigenvalue weighted by Gasteiger charge is -2.19. The fourth-order valence-corrected chi connectivity index (χ4v) is 5.94. The smallest absolute Gasteiger partial charge is 0.457 e. The first-order chi connectivity index (χ1) is 30.4. The molecule has 0 rings (SSSR count). The van der Waals surface area contributed by atoms with Gasteiger partial charge in [-0.1, -0.05) is 172 Å². The molecule has 0 bridgehead atoms. The molecule has 0 amide bonds. The number of carbonyl (C=O) groups is 1.